The fourth-order valence-electron chi connectivity index (χ4n) is 9.60. The smallest absolute Gasteiger partial charge is 0.164 e. The van der Waals surface area contributed by atoms with Gasteiger partial charge in [0.25, 0.3) is 0 Å². The van der Waals surface area contributed by atoms with Crippen LogP contribution in [0.25, 0.3) is 126 Å². The number of para-hydroxylation sites is 2. The van der Waals surface area contributed by atoms with Crippen molar-refractivity contribution in [2.24, 2.45) is 0 Å². The van der Waals surface area contributed by atoms with Crippen LogP contribution >= 0.6 is 11.3 Å². The van der Waals surface area contributed by atoms with Gasteiger partial charge in [-0.3, -0.25) is 0 Å². The van der Waals surface area contributed by atoms with Crippen LogP contribution in [0.3, 0.4) is 0 Å². The molecule has 0 fully saturated rings. The summed E-state index contributed by atoms with van der Waals surface area (Å²) in [7, 11) is 0. The first-order valence-electron chi connectivity index (χ1n) is 21.6. The molecule has 0 atom stereocenters. The molecule has 0 bridgehead atoms. The quantitative estimate of drug-likeness (QED) is 0.157. The van der Waals surface area contributed by atoms with Crippen molar-refractivity contribution in [3.63, 3.8) is 0 Å². The van der Waals surface area contributed by atoms with E-state index in [2.05, 4.69) is 187 Å². The molecule has 0 amide bonds. The number of nitrogens with zero attached hydrogens (tertiary/aromatic N) is 4. The van der Waals surface area contributed by atoms with Gasteiger partial charge in [-0.25, -0.2) is 15.0 Å². The fourth-order valence-corrected chi connectivity index (χ4v) is 10.8. The van der Waals surface area contributed by atoms with E-state index in [1.54, 1.807) is 0 Å². The molecule has 64 heavy (non-hydrogen) atoms. The van der Waals surface area contributed by atoms with E-state index < -0.39 is 0 Å². The molecule has 13 aromatic rings. The van der Waals surface area contributed by atoms with E-state index in [1.807, 2.05) is 47.7 Å². The van der Waals surface area contributed by atoms with E-state index >= 15 is 0 Å². The van der Waals surface area contributed by atoms with Crippen molar-refractivity contribution >= 4 is 74.9 Å². The Morgan fingerprint density at radius 2 is 0.859 bits per heavy atom. The first-order valence-corrected chi connectivity index (χ1v) is 22.4. The summed E-state index contributed by atoms with van der Waals surface area (Å²) in [6.07, 6.45) is 0. The van der Waals surface area contributed by atoms with Crippen molar-refractivity contribution in [3.05, 3.63) is 218 Å². The number of rotatable bonds is 6. The second kappa shape index (κ2) is 14.7. The van der Waals surface area contributed by atoms with Gasteiger partial charge in [0.15, 0.2) is 17.5 Å². The van der Waals surface area contributed by atoms with Crippen LogP contribution in [0, 0.1) is 0 Å². The third-order valence-corrected chi connectivity index (χ3v) is 13.8. The van der Waals surface area contributed by atoms with E-state index in [0.29, 0.717) is 17.5 Å². The molecule has 0 unspecified atom stereocenters. The minimum atomic E-state index is 0.621. The van der Waals surface area contributed by atoms with Gasteiger partial charge in [-0.2, -0.15) is 0 Å². The lowest BCUT2D eigenvalue weighted by Gasteiger charge is -2.17. The molecule has 0 saturated carbocycles. The number of fused-ring (bicyclic) bond motifs is 9. The van der Waals surface area contributed by atoms with E-state index in [-0.39, 0.29) is 0 Å². The molecule has 5 heteroatoms. The zero-order valence-corrected chi connectivity index (χ0v) is 35.3. The Morgan fingerprint density at radius 1 is 0.312 bits per heavy atom. The Balaban J connectivity index is 1.12. The summed E-state index contributed by atoms with van der Waals surface area (Å²) in [4.78, 5) is 15.7. The molecule has 0 spiro atoms. The fraction of sp³-hybridized carbons (Fsp3) is 0. The Morgan fingerprint density at radius 3 is 1.58 bits per heavy atom. The van der Waals surface area contributed by atoms with Crippen molar-refractivity contribution in [1.82, 2.24) is 19.5 Å². The highest BCUT2D eigenvalue weighted by atomic mass is 32.1. The highest BCUT2D eigenvalue weighted by Gasteiger charge is 2.22. The van der Waals surface area contributed by atoms with E-state index in [9.17, 15) is 0 Å². The van der Waals surface area contributed by atoms with Gasteiger partial charge < -0.3 is 4.57 Å². The largest absolute Gasteiger partial charge is 0.309 e. The maximum atomic E-state index is 5.31. The summed E-state index contributed by atoms with van der Waals surface area (Å²) in [5.41, 5.74) is 10.7. The molecule has 0 aliphatic heterocycles. The molecule has 0 aliphatic rings. The number of hydrogen-bond donors (Lipinski definition) is 0. The zero-order valence-electron chi connectivity index (χ0n) is 34.5. The van der Waals surface area contributed by atoms with Crippen molar-refractivity contribution in [2.45, 2.75) is 0 Å². The summed E-state index contributed by atoms with van der Waals surface area (Å²) in [6, 6.07) is 78.3. The average Bonchev–Trinajstić information content (AvgIpc) is 3.92. The van der Waals surface area contributed by atoms with Crippen LogP contribution in [0.5, 0.6) is 0 Å². The molecular formula is C59H36N4S. The number of thiophene rings is 1. The number of aromatic nitrogens is 4. The lowest BCUT2D eigenvalue weighted by molar-refractivity contribution is 1.07. The summed E-state index contributed by atoms with van der Waals surface area (Å²) < 4.78 is 4.89. The average molecular weight is 833 g/mol. The predicted molar refractivity (Wildman–Crippen MR) is 269 cm³/mol. The van der Waals surface area contributed by atoms with Gasteiger partial charge in [0.2, 0.25) is 0 Å². The Labute approximate surface area is 373 Å². The van der Waals surface area contributed by atoms with Crippen LogP contribution in [-0.2, 0) is 0 Å². The normalized spacial score (nSPS) is 11.8. The topological polar surface area (TPSA) is 43.6 Å². The maximum absolute atomic E-state index is 5.31. The minimum Gasteiger partial charge on any atom is -0.309 e. The van der Waals surface area contributed by atoms with E-state index in [4.69, 9.17) is 15.0 Å². The highest BCUT2D eigenvalue weighted by Crippen LogP contribution is 2.46. The van der Waals surface area contributed by atoms with Gasteiger partial charge in [0.05, 0.1) is 11.0 Å². The maximum Gasteiger partial charge on any atom is 0.164 e. The second-order valence-electron chi connectivity index (χ2n) is 16.4. The lowest BCUT2D eigenvalue weighted by atomic mass is 9.91. The van der Waals surface area contributed by atoms with Gasteiger partial charge in [-0.15, -0.1) is 11.3 Å². The third kappa shape index (κ3) is 5.93. The molecular weight excluding hydrogens is 797 g/mol. The number of hydrogen-bond acceptors (Lipinski definition) is 4. The molecule has 3 aromatic heterocycles. The van der Waals surface area contributed by atoms with Crippen molar-refractivity contribution in [2.75, 3.05) is 0 Å². The van der Waals surface area contributed by atoms with Crippen molar-refractivity contribution in [3.8, 4) is 62.1 Å². The van der Waals surface area contributed by atoms with Crippen molar-refractivity contribution < 1.29 is 0 Å². The Hall–Kier alpha value is -8.25. The monoisotopic (exact) mass is 832 g/mol. The zero-order chi connectivity index (χ0) is 42.1. The first-order chi connectivity index (χ1) is 31.7. The summed E-state index contributed by atoms with van der Waals surface area (Å²) in [6.45, 7) is 0. The second-order valence-corrected chi connectivity index (χ2v) is 17.4. The Bertz CT molecular complexity index is 3850. The molecule has 4 nitrogen and oxygen atoms in total. The Kier molecular flexibility index (Phi) is 8.36. The molecule has 0 radical (unpaired) electrons. The van der Waals surface area contributed by atoms with E-state index in [1.165, 1.54) is 63.5 Å². The summed E-state index contributed by atoms with van der Waals surface area (Å²) >= 11 is 1.84. The van der Waals surface area contributed by atoms with Crippen LogP contribution in [-0.4, -0.2) is 19.5 Å². The summed E-state index contributed by atoms with van der Waals surface area (Å²) in [5.74, 6) is 1.88. The molecule has 0 aliphatic carbocycles. The summed E-state index contributed by atoms with van der Waals surface area (Å²) in [5, 5.41) is 9.87. The molecule has 13 rings (SSSR count). The van der Waals surface area contributed by atoms with Gasteiger partial charge >= 0.3 is 0 Å². The standard InChI is InChI=1S/C59H36N4S/c1-3-16-38(17-4-1)57-60-58(39-18-5-2-6-19-39)62-59(61-57)49-32-30-41(40-29-31-45-42(33-40)28-27-37-15-7-8-20-44(37)45)34-50(49)52-36-43(35-51-48-23-11-14-26-55(48)64-56(51)52)63-53-24-12-9-21-46(53)47-22-10-13-25-54(47)63/h1-36H. The number of benzene rings is 10. The van der Waals surface area contributed by atoms with Crippen LogP contribution in [0.1, 0.15) is 0 Å². The van der Waals surface area contributed by atoms with Crippen LogP contribution in [0.15, 0.2) is 218 Å². The van der Waals surface area contributed by atoms with Gasteiger partial charge in [-0.05, 0) is 86.8 Å². The van der Waals surface area contributed by atoms with E-state index in [0.717, 1.165) is 44.6 Å². The van der Waals surface area contributed by atoms with Gasteiger partial charge in [0.1, 0.15) is 0 Å². The van der Waals surface area contributed by atoms with Gasteiger partial charge in [-0.1, -0.05) is 170 Å². The molecule has 0 saturated heterocycles. The van der Waals surface area contributed by atoms with Crippen LogP contribution < -0.4 is 0 Å². The molecule has 0 N–H and O–H groups in total. The SMILES string of the molecule is c1ccc(-c2nc(-c3ccccc3)nc(-c3ccc(-c4ccc5c(ccc6ccccc65)c4)cc3-c3cc(-n4c5ccccc5c5ccccc54)cc4c3sc3ccccc34)n2)cc1. The predicted octanol–water partition coefficient (Wildman–Crippen LogP) is 16.0. The van der Waals surface area contributed by atoms with Crippen molar-refractivity contribution in [1.29, 1.82) is 0 Å². The third-order valence-electron chi connectivity index (χ3n) is 12.6. The van der Waals surface area contributed by atoms with Crippen LogP contribution in [0.2, 0.25) is 0 Å². The van der Waals surface area contributed by atoms with Crippen LogP contribution in [0.4, 0.5) is 0 Å². The lowest BCUT2D eigenvalue weighted by Crippen LogP contribution is -2.01. The first kappa shape index (κ1) is 36.4. The molecule has 3 heterocycles. The highest BCUT2D eigenvalue weighted by molar-refractivity contribution is 7.26. The minimum absolute atomic E-state index is 0.621. The van der Waals surface area contributed by atoms with Gasteiger partial charge in [0, 0.05) is 58.9 Å². The molecule has 10 aromatic carbocycles. The molecule has 298 valence electrons.